The average Bonchev–Trinajstić information content (AvgIpc) is 1.95. The number of aliphatic hydroxyl groups is 1. The van der Waals surface area contributed by atoms with Crippen LogP contribution in [0.1, 0.15) is 33.6 Å². The first kappa shape index (κ1) is 12.3. The van der Waals surface area contributed by atoms with Crippen LogP contribution in [0.2, 0.25) is 0 Å². The van der Waals surface area contributed by atoms with Crippen molar-refractivity contribution in [1.29, 1.82) is 0 Å². The highest BCUT2D eigenvalue weighted by Crippen LogP contribution is 2.28. The van der Waals surface area contributed by atoms with Gasteiger partial charge in [-0.2, -0.15) is 0 Å². The first-order chi connectivity index (χ1) is 6.70. The van der Waals surface area contributed by atoms with Crippen LogP contribution in [0.3, 0.4) is 0 Å². The van der Waals surface area contributed by atoms with Gasteiger partial charge in [0.05, 0.1) is 6.10 Å². The van der Waals surface area contributed by atoms with Crippen LogP contribution in [-0.2, 0) is 4.74 Å². The Bertz CT molecular complexity index is 242. The number of nitrogens with two attached hydrogens (primary N) is 1. The SMILES string of the molecule is CC(C)(C)OC(=O)NCC1(N)CC(O)C1. The minimum absolute atomic E-state index is 0.324. The average molecular weight is 216 g/mol. The number of hydrogen-bond donors (Lipinski definition) is 3. The number of hydrogen-bond acceptors (Lipinski definition) is 4. The second-order valence-corrected chi connectivity index (χ2v) is 5.28. The largest absolute Gasteiger partial charge is 0.444 e. The first-order valence-electron chi connectivity index (χ1n) is 5.14. The molecule has 1 fully saturated rings. The maximum Gasteiger partial charge on any atom is 0.407 e. The maximum atomic E-state index is 11.3. The van der Waals surface area contributed by atoms with E-state index in [9.17, 15) is 4.79 Å². The molecule has 1 saturated carbocycles. The van der Waals surface area contributed by atoms with Gasteiger partial charge in [-0.1, -0.05) is 0 Å². The number of rotatable bonds is 2. The highest BCUT2D eigenvalue weighted by Gasteiger charge is 2.40. The fourth-order valence-electron chi connectivity index (χ4n) is 1.59. The molecule has 1 amide bonds. The number of nitrogens with one attached hydrogen (secondary N) is 1. The van der Waals surface area contributed by atoms with Crippen molar-refractivity contribution in [2.45, 2.75) is 50.9 Å². The van der Waals surface area contributed by atoms with Crippen molar-refractivity contribution in [2.75, 3.05) is 6.54 Å². The standard InChI is InChI=1S/C10H20N2O3/c1-9(2,3)15-8(14)12-6-10(11)4-7(13)5-10/h7,13H,4-6,11H2,1-3H3,(H,12,14). The van der Waals surface area contributed by atoms with Gasteiger partial charge in [0.1, 0.15) is 5.60 Å². The van der Waals surface area contributed by atoms with E-state index in [1.165, 1.54) is 0 Å². The summed E-state index contributed by atoms with van der Waals surface area (Å²) in [4.78, 5) is 11.3. The molecule has 15 heavy (non-hydrogen) atoms. The molecule has 1 aliphatic carbocycles. The van der Waals surface area contributed by atoms with Crippen LogP contribution >= 0.6 is 0 Å². The molecule has 5 nitrogen and oxygen atoms in total. The summed E-state index contributed by atoms with van der Waals surface area (Å²) in [6, 6.07) is 0. The summed E-state index contributed by atoms with van der Waals surface area (Å²) < 4.78 is 5.06. The van der Waals surface area contributed by atoms with E-state index >= 15 is 0 Å². The molecule has 0 aromatic carbocycles. The predicted molar refractivity (Wildman–Crippen MR) is 56.4 cm³/mol. The van der Waals surface area contributed by atoms with Crippen LogP contribution in [-0.4, -0.2) is 35.0 Å². The summed E-state index contributed by atoms with van der Waals surface area (Å²) >= 11 is 0. The molecule has 0 atom stereocenters. The number of aliphatic hydroxyl groups excluding tert-OH is 1. The minimum Gasteiger partial charge on any atom is -0.444 e. The van der Waals surface area contributed by atoms with E-state index in [1.54, 1.807) is 20.8 Å². The number of alkyl carbamates (subject to hydrolysis) is 1. The summed E-state index contributed by atoms with van der Waals surface area (Å²) in [7, 11) is 0. The Morgan fingerprint density at radius 2 is 2.13 bits per heavy atom. The van der Waals surface area contributed by atoms with Gasteiger partial charge in [0.25, 0.3) is 0 Å². The molecule has 0 saturated heterocycles. The number of amides is 1. The highest BCUT2D eigenvalue weighted by molar-refractivity contribution is 5.67. The first-order valence-corrected chi connectivity index (χ1v) is 5.14. The lowest BCUT2D eigenvalue weighted by molar-refractivity contribution is 0.0168. The Balaban J connectivity index is 2.23. The van der Waals surface area contributed by atoms with E-state index < -0.39 is 17.2 Å². The lowest BCUT2D eigenvalue weighted by atomic mass is 9.75. The van der Waals surface area contributed by atoms with E-state index in [0.29, 0.717) is 19.4 Å². The van der Waals surface area contributed by atoms with Crippen LogP contribution in [0.15, 0.2) is 0 Å². The second kappa shape index (κ2) is 3.98. The van der Waals surface area contributed by atoms with Gasteiger partial charge in [0.2, 0.25) is 0 Å². The van der Waals surface area contributed by atoms with Crippen LogP contribution in [0, 0.1) is 0 Å². The quantitative estimate of drug-likeness (QED) is 0.622. The van der Waals surface area contributed by atoms with Gasteiger partial charge < -0.3 is 20.9 Å². The van der Waals surface area contributed by atoms with E-state index in [1.807, 2.05) is 0 Å². The lowest BCUT2D eigenvalue weighted by Gasteiger charge is -2.42. The molecular weight excluding hydrogens is 196 g/mol. The van der Waals surface area contributed by atoms with Gasteiger partial charge in [-0.3, -0.25) is 0 Å². The Morgan fingerprint density at radius 1 is 1.60 bits per heavy atom. The molecule has 4 N–H and O–H groups in total. The molecule has 0 radical (unpaired) electrons. The Labute approximate surface area is 90.0 Å². The topological polar surface area (TPSA) is 84.6 Å². The van der Waals surface area contributed by atoms with Crippen LogP contribution in [0.4, 0.5) is 4.79 Å². The third-order valence-corrected chi connectivity index (χ3v) is 2.27. The zero-order chi connectivity index (χ0) is 11.7. The summed E-state index contributed by atoms with van der Waals surface area (Å²) in [5, 5.41) is 11.7. The van der Waals surface area contributed by atoms with Gasteiger partial charge in [-0.05, 0) is 33.6 Å². The van der Waals surface area contributed by atoms with Crippen molar-refractivity contribution >= 4 is 6.09 Å². The summed E-state index contributed by atoms with van der Waals surface area (Å²) in [5.41, 5.74) is 4.92. The van der Waals surface area contributed by atoms with Crippen molar-refractivity contribution in [3.8, 4) is 0 Å². The molecule has 0 heterocycles. The molecule has 0 spiro atoms. The van der Waals surface area contributed by atoms with Crippen LogP contribution in [0.25, 0.3) is 0 Å². The predicted octanol–water partition coefficient (Wildman–Crippen LogP) is 0.363. The maximum absolute atomic E-state index is 11.3. The molecule has 1 rings (SSSR count). The molecule has 5 heteroatoms. The number of ether oxygens (including phenoxy) is 1. The summed E-state index contributed by atoms with van der Waals surface area (Å²) in [5.74, 6) is 0. The van der Waals surface area contributed by atoms with Gasteiger partial charge in [0, 0.05) is 12.1 Å². The second-order valence-electron chi connectivity index (χ2n) is 5.28. The van der Waals surface area contributed by atoms with Crippen molar-refractivity contribution in [3.63, 3.8) is 0 Å². The molecule has 1 aliphatic rings. The Morgan fingerprint density at radius 3 is 2.53 bits per heavy atom. The monoisotopic (exact) mass is 216 g/mol. The van der Waals surface area contributed by atoms with Crippen molar-refractivity contribution in [1.82, 2.24) is 5.32 Å². The zero-order valence-corrected chi connectivity index (χ0v) is 9.54. The van der Waals surface area contributed by atoms with Crippen LogP contribution in [0.5, 0.6) is 0 Å². The molecule has 0 aliphatic heterocycles. The Kier molecular flexibility index (Phi) is 3.25. The third-order valence-electron chi connectivity index (χ3n) is 2.27. The third kappa shape index (κ3) is 4.05. The van der Waals surface area contributed by atoms with E-state index in [0.717, 1.165) is 0 Å². The van der Waals surface area contributed by atoms with Crippen molar-refractivity contribution < 1.29 is 14.6 Å². The molecule has 0 bridgehead atoms. The fourth-order valence-corrected chi connectivity index (χ4v) is 1.59. The molecular formula is C10H20N2O3. The number of carbonyl (C=O) groups is 1. The molecule has 88 valence electrons. The highest BCUT2D eigenvalue weighted by atomic mass is 16.6. The zero-order valence-electron chi connectivity index (χ0n) is 9.54. The Hall–Kier alpha value is -0.810. The molecule has 0 aromatic rings. The normalized spacial score (nSPS) is 30.6. The molecule has 0 aromatic heterocycles. The fraction of sp³-hybridized carbons (Fsp3) is 0.900. The van der Waals surface area contributed by atoms with Gasteiger partial charge in [0.15, 0.2) is 0 Å². The minimum atomic E-state index is -0.495. The van der Waals surface area contributed by atoms with Gasteiger partial charge in [-0.15, -0.1) is 0 Å². The van der Waals surface area contributed by atoms with Gasteiger partial charge >= 0.3 is 6.09 Å². The summed E-state index contributed by atoms with van der Waals surface area (Å²) in [6.07, 6.45) is 0.273. The van der Waals surface area contributed by atoms with Crippen molar-refractivity contribution in [3.05, 3.63) is 0 Å². The van der Waals surface area contributed by atoms with E-state index in [4.69, 9.17) is 15.6 Å². The van der Waals surface area contributed by atoms with E-state index in [2.05, 4.69) is 5.32 Å². The lowest BCUT2D eigenvalue weighted by Crippen LogP contribution is -2.60. The van der Waals surface area contributed by atoms with Crippen molar-refractivity contribution in [2.24, 2.45) is 5.73 Å². The van der Waals surface area contributed by atoms with Crippen LogP contribution < -0.4 is 11.1 Å². The van der Waals surface area contributed by atoms with E-state index in [-0.39, 0.29) is 6.10 Å². The van der Waals surface area contributed by atoms with Gasteiger partial charge in [-0.25, -0.2) is 4.79 Å². The smallest absolute Gasteiger partial charge is 0.407 e. The molecule has 0 unspecified atom stereocenters. The number of carbonyl (C=O) groups excluding carboxylic acids is 1. The summed E-state index contributed by atoms with van der Waals surface area (Å²) in [6.45, 7) is 5.76.